The first-order valence-corrected chi connectivity index (χ1v) is 7.16. The number of rotatable bonds is 2. The number of guanidine groups is 2. The van der Waals surface area contributed by atoms with Crippen molar-refractivity contribution in [3.05, 3.63) is 0 Å². The molecule has 0 aromatic rings. The monoisotopic (exact) mass is 281 g/mol. The van der Waals surface area contributed by atoms with Crippen LogP contribution >= 0.6 is 0 Å². The van der Waals surface area contributed by atoms with Crippen molar-refractivity contribution >= 4 is 11.9 Å². The number of nitrogens with two attached hydrogens (primary N) is 2. The van der Waals surface area contributed by atoms with Gasteiger partial charge in [-0.15, -0.1) is 0 Å². The fourth-order valence-electron chi connectivity index (χ4n) is 2.90. The first-order chi connectivity index (χ1) is 9.20. The van der Waals surface area contributed by atoms with Gasteiger partial charge >= 0.3 is 0 Å². The van der Waals surface area contributed by atoms with Gasteiger partial charge in [0.2, 0.25) is 5.79 Å². The van der Waals surface area contributed by atoms with E-state index in [1.807, 2.05) is 0 Å². The summed E-state index contributed by atoms with van der Waals surface area (Å²) in [6.07, 6.45) is 0.774. The summed E-state index contributed by atoms with van der Waals surface area (Å²) in [5, 5.41) is 6.22. The molecule has 1 atom stereocenters. The Labute approximate surface area is 120 Å². The van der Waals surface area contributed by atoms with Crippen molar-refractivity contribution < 1.29 is 0 Å². The summed E-state index contributed by atoms with van der Waals surface area (Å²) in [4.78, 5) is 11.5. The average molecular weight is 281 g/mol. The number of hydrogen-bond donors (Lipinski definition) is 4. The van der Waals surface area contributed by atoms with E-state index >= 15 is 0 Å². The molecular weight excluding hydrogens is 254 g/mol. The average Bonchev–Trinajstić information content (AvgIpc) is 2.24. The van der Waals surface area contributed by atoms with Crippen LogP contribution in [-0.2, 0) is 0 Å². The molecule has 0 aromatic heterocycles. The SMILES string of the molecule is C[C@H]1CN(C2(CC(C)(C)C)N=C(N)NC(N)=N2)CCN1. The van der Waals surface area contributed by atoms with E-state index in [9.17, 15) is 0 Å². The molecule has 20 heavy (non-hydrogen) atoms. The highest BCUT2D eigenvalue weighted by Gasteiger charge is 2.43. The molecule has 0 aromatic carbocycles. The van der Waals surface area contributed by atoms with Crippen LogP contribution in [0, 0.1) is 5.41 Å². The van der Waals surface area contributed by atoms with Crippen molar-refractivity contribution in [2.75, 3.05) is 19.6 Å². The zero-order valence-corrected chi connectivity index (χ0v) is 12.9. The van der Waals surface area contributed by atoms with Gasteiger partial charge in [-0.2, -0.15) is 0 Å². The van der Waals surface area contributed by atoms with Crippen molar-refractivity contribution in [3.63, 3.8) is 0 Å². The molecular formula is C13H27N7. The van der Waals surface area contributed by atoms with Gasteiger partial charge in [0.25, 0.3) is 0 Å². The smallest absolute Gasteiger partial charge is 0.215 e. The lowest BCUT2D eigenvalue weighted by Gasteiger charge is -2.46. The van der Waals surface area contributed by atoms with Crippen LogP contribution in [0.5, 0.6) is 0 Å². The molecule has 0 unspecified atom stereocenters. The van der Waals surface area contributed by atoms with Gasteiger partial charge in [-0.05, 0) is 12.3 Å². The van der Waals surface area contributed by atoms with Crippen molar-refractivity contribution in [3.8, 4) is 0 Å². The zero-order chi connectivity index (χ0) is 15.0. The normalized spacial score (nSPS) is 27.5. The van der Waals surface area contributed by atoms with E-state index in [1.165, 1.54) is 0 Å². The molecule has 1 fully saturated rings. The molecule has 0 amide bonds. The van der Waals surface area contributed by atoms with Gasteiger partial charge in [0.1, 0.15) is 0 Å². The van der Waals surface area contributed by atoms with E-state index in [0.29, 0.717) is 18.0 Å². The largest absolute Gasteiger partial charge is 0.370 e. The predicted octanol–water partition coefficient (Wildman–Crippen LogP) is -0.397. The Morgan fingerprint density at radius 3 is 2.40 bits per heavy atom. The van der Waals surface area contributed by atoms with Crippen LogP contribution in [0.3, 0.4) is 0 Å². The Hall–Kier alpha value is -1.34. The van der Waals surface area contributed by atoms with Crippen LogP contribution < -0.4 is 22.1 Å². The molecule has 0 aliphatic carbocycles. The second-order valence-electron chi connectivity index (χ2n) is 6.93. The van der Waals surface area contributed by atoms with Crippen LogP contribution in [0.4, 0.5) is 0 Å². The first kappa shape index (κ1) is 15.1. The number of hydrogen-bond acceptors (Lipinski definition) is 7. The van der Waals surface area contributed by atoms with Crippen LogP contribution in [0.1, 0.15) is 34.1 Å². The Morgan fingerprint density at radius 1 is 1.30 bits per heavy atom. The van der Waals surface area contributed by atoms with Crippen molar-refractivity contribution in [2.24, 2.45) is 26.9 Å². The fourth-order valence-corrected chi connectivity index (χ4v) is 2.90. The van der Waals surface area contributed by atoms with E-state index in [1.54, 1.807) is 0 Å². The van der Waals surface area contributed by atoms with Gasteiger partial charge in [0.05, 0.1) is 0 Å². The topological polar surface area (TPSA) is 104 Å². The number of piperazine rings is 1. The molecule has 0 radical (unpaired) electrons. The Kier molecular flexibility index (Phi) is 3.93. The molecule has 2 rings (SSSR count). The number of nitrogens with zero attached hydrogens (tertiary/aromatic N) is 3. The van der Waals surface area contributed by atoms with Crippen LogP contribution in [0.15, 0.2) is 9.98 Å². The van der Waals surface area contributed by atoms with Gasteiger partial charge in [-0.25, -0.2) is 9.98 Å². The summed E-state index contributed by atoms with van der Waals surface area (Å²) in [7, 11) is 0. The molecule has 2 heterocycles. The molecule has 0 bridgehead atoms. The van der Waals surface area contributed by atoms with Crippen LogP contribution in [0.25, 0.3) is 0 Å². The third-order valence-electron chi connectivity index (χ3n) is 3.50. The lowest BCUT2D eigenvalue weighted by atomic mass is 9.87. The summed E-state index contributed by atoms with van der Waals surface area (Å²) < 4.78 is 0. The van der Waals surface area contributed by atoms with E-state index in [4.69, 9.17) is 11.5 Å². The molecule has 0 saturated carbocycles. The second-order valence-corrected chi connectivity index (χ2v) is 6.93. The van der Waals surface area contributed by atoms with E-state index in [2.05, 4.69) is 53.2 Å². The highest BCUT2D eigenvalue weighted by molar-refractivity contribution is 5.98. The Balaban J connectivity index is 2.35. The highest BCUT2D eigenvalue weighted by Crippen LogP contribution is 2.35. The van der Waals surface area contributed by atoms with Gasteiger partial charge in [-0.1, -0.05) is 20.8 Å². The zero-order valence-electron chi connectivity index (χ0n) is 12.9. The second kappa shape index (κ2) is 5.21. The van der Waals surface area contributed by atoms with Crippen LogP contribution in [-0.4, -0.2) is 48.3 Å². The number of aliphatic imine (C=N–C) groups is 2. The Bertz CT molecular complexity index is 403. The highest BCUT2D eigenvalue weighted by atomic mass is 15.5. The first-order valence-electron chi connectivity index (χ1n) is 7.16. The minimum Gasteiger partial charge on any atom is -0.370 e. The maximum atomic E-state index is 5.90. The third-order valence-corrected chi connectivity index (χ3v) is 3.50. The maximum absolute atomic E-state index is 5.90. The molecule has 7 heteroatoms. The predicted molar refractivity (Wildman–Crippen MR) is 82.2 cm³/mol. The Morgan fingerprint density at radius 2 is 1.90 bits per heavy atom. The molecule has 2 aliphatic rings. The third kappa shape index (κ3) is 3.40. The summed E-state index contributed by atoms with van der Waals surface area (Å²) in [5.41, 5.74) is 11.9. The lowest BCUT2D eigenvalue weighted by molar-refractivity contribution is 0.0365. The van der Waals surface area contributed by atoms with Gasteiger partial charge in [0.15, 0.2) is 11.9 Å². The van der Waals surface area contributed by atoms with Gasteiger partial charge < -0.3 is 16.8 Å². The van der Waals surface area contributed by atoms with Crippen molar-refractivity contribution in [1.82, 2.24) is 15.5 Å². The van der Waals surface area contributed by atoms with Gasteiger partial charge in [0, 0.05) is 32.1 Å². The summed E-state index contributed by atoms with van der Waals surface area (Å²) >= 11 is 0. The molecule has 0 spiro atoms. The summed E-state index contributed by atoms with van der Waals surface area (Å²) in [6, 6.07) is 0.406. The van der Waals surface area contributed by atoms with Crippen LogP contribution in [0.2, 0.25) is 0 Å². The fraction of sp³-hybridized carbons (Fsp3) is 0.846. The molecule has 7 nitrogen and oxygen atoms in total. The maximum Gasteiger partial charge on any atom is 0.215 e. The standard InChI is InChI=1S/C13H27N7/c1-9-7-20(6-5-16-9)13(8-12(2,3)4)18-10(14)17-11(15)19-13/h9,16H,5-8H2,1-4H3,(H5,14,15,17,18,19)/t9-/m0/s1. The summed E-state index contributed by atoms with van der Waals surface area (Å²) in [5.74, 6) is -0.00512. The molecule has 6 N–H and O–H groups in total. The summed E-state index contributed by atoms with van der Waals surface area (Å²) in [6.45, 7) is 11.4. The van der Waals surface area contributed by atoms with Gasteiger partial charge in [-0.3, -0.25) is 10.2 Å². The lowest BCUT2D eigenvalue weighted by Crippen LogP contribution is -2.62. The van der Waals surface area contributed by atoms with Crippen molar-refractivity contribution in [2.45, 2.75) is 45.9 Å². The molecule has 114 valence electrons. The molecule has 2 aliphatic heterocycles. The quantitative estimate of drug-likeness (QED) is 0.551. The minimum atomic E-state index is -0.686. The number of nitrogens with one attached hydrogen (secondary N) is 2. The van der Waals surface area contributed by atoms with E-state index in [0.717, 1.165) is 26.1 Å². The van der Waals surface area contributed by atoms with E-state index in [-0.39, 0.29) is 5.41 Å². The minimum absolute atomic E-state index is 0.0685. The van der Waals surface area contributed by atoms with Crippen molar-refractivity contribution in [1.29, 1.82) is 0 Å². The molecule has 1 saturated heterocycles. The van der Waals surface area contributed by atoms with E-state index < -0.39 is 5.79 Å².